The molecule has 2 aliphatic rings. The molecule has 0 radical (unpaired) electrons. The molecule has 0 saturated carbocycles. The standard InChI is InChI=1S/C19H21N7O/c27-19-12-4-3-6-13-15(12)17(24-25-19)23-18(22-13)16(14-5-1-2-7-21-14)26-10-8-20-9-11-26/h1-7,16,18,20,22H,8-11H2,(H,23,24)(H,25,27). The minimum Gasteiger partial charge on any atom is -0.363 e. The third-order valence-electron chi connectivity index (χ3n) is 5.27. The van der Waals surface area contributed by atoms with Crippen LogP contribution in [0.5, 0.6) is 0 Å². The van der Waals surface area contributed by atoms with E-state index in [4.69, 9.17) is 0 Å². The molecule has 27 heavy (non-hydrogen) atoms. The highest BCUT2D eigenvalue weighted by molar-refractivity contribution is 6.02. The van der Waals surface area contributed by atoms with E-state index >= 15 is 0 Å². The molecule has 2 atom stereocenters. The van der Waals surface area contributed by atoms with Crippen molar-refractivity contribution in [1.29, 1.82) is 0 Å². The maximum atomic E-state index is 12.1. The second-order valence-electron chi connectivity index (χ2n) is 6.88. The quantitative estimate of drug-likeness (QED) is 0.554. The van der Waals surface area contributed by atoms with Crippen molar-refractivity contribution in [2.24, 2.45) is 0 Å². The summed E-state index contributed by atoms with van der Waals surface area (Å²) < 4.78 is 0. The maximum Gasteiger partial charge on any atom is 0.272 e. The third-order valence-corrected chi connectivity index (χ3v) is 5.27. The van der Waals surface area contributed by atoms with Gasteiger partial charge in [0, 0.05) is 38.1 Å². The van der Waals surface area contributed by atoms with E-state index in [2.05, 4.69) is 42.1 Å². The van der Waals surface area contributed by atoms with Gasteiger partial charge in [0.1, 0.15) is 6.17 Å². The molecule has 2 aromatic heterocycles. The molecule has 0 spiro atoms. The van der Waals surface area contributed by atoms with E-state index < -0.39 is 0 Å². The van der Waals surface area contributed by atoms with E-state index in [-0.39, 0.29) is 17.8 Å². The van der Waals surface area contributed by atoms with Gasteiger partial charge in [-0.2, -0.15) is 5.10 Å². The van der Waals surface area contributed by atoms with Crippen molar-refractivity contribution in [2.45, 2.75) is 12.2 Å². The van der Waals surface area contributed by atoms with E-state index in [9.17, 15) is 4.79 Å². The van der Waals surface area contributed by atoms with Gasteiger partial charge in [0.2, 0.25) is 0 Å². The van der Waals surface area contributed by atoms with Crippen LogP contribution in [0.1, 0.15) is 11.7 Å². The minimum absolute atomic E-state index is 0.0328. The molecular formula is C19H21N7O. The molecule has 0 aliphatic carbocycles. The van der Waals surface area contributed by atoms with Crippen LogP contribution in [0.4, 0.5) is 11.5 Å². The predicted molar refractivity (Wildman–Crippen MR) is 105 cm³/mol. The van der Waals surface area contributed by atoms with Crippen molar-refractivity contribution in [2.75, 3.05) is 36.8 Å². The topological polar surface area (TPSA) is 98.0 Å². The van der Waals surface area contributed by atoms with Crippen LogP contribution in [-0.4, -0.2) is 52.4 Å². The fourth-order valence-electron chi connectivity index (χ4n) is 4.03. The normalized spacial score (nSPS) is 20.7. The predicted octanol–water partition coefficient (Wildman–Crippen LogP) is 1.13. The number of piperazine rings is 1. The van der Waals surface area contributed by atoms with Gasteiger partial charge >= 0.3 is 0 Å². The summed E-state index contributed by atoms with van der Waals surface area (Å²) in [6, 6.07) is 11.8. The lowest BCUT2D eigenvalue weighted by Crippen LogP contribution is -2.52. The fourth-order valence-corrected chi connectivity index (χ4v) is 4.03. The molecular weight excluding hydrogens is 342 g/mol. The Morgan fingerprint density at radius 2 is 1.96 bits per heavy atom. The zero-order chi connectivity index (χ0) is 18.2. The van der Waals surface area contributed by atoms with Gasteiger partial charge in [0.15, 0.2) is 5.82 Å². The lowest BCUT2D eigenvalue weighted by molar-refractivity contribution is 0.159. The van der Waals surface area contributed by atoms with Gasteiger partial charge in [-0.3, -0.25) is 14.7 Å². The molecule has 8 nitrogen and oxygen atoms in total. The Morgan fingerprint density at radius 3 is 2.78 bits per heavy atom. The van der Waals surface area contributed by atoms with E-state index in [1.165, 1.54) is 0 Å². The summed E-state index contributed by atoms with van der Waals surface area (Å²) in [4.78, 5) is 19.2. The third kappa shape index (κ3) is 2.83. The number of nitrogens with zero attached hydrogens (tertiary/aromatic N) is 3. The number of aromatic amines is 1. The van der Waals surface area contributed by atoms with E-state index in [0.29, 0.717) is 11.2 Å². The molecule has 8 heteroatoms. The van der Waals surface area contributed by atoms with Crippen LogP contribution in [0.2, 0.25) is 0 Å². The highest BCUT2D eigenvalue weighted by Gasteiger charge is 2.34. The van der Waals surface area contributed by atoms with Crippen molar-refractivity contribution in [3.05, 3.63) is 58.6 Å². The Labute approximate surface area is 156 Å². The summed E-state index contributed by atoms with van der Waals surface area (Å²) in [5.41, 5.74) is 1.74. The summed E-state index contributed by atoms with van der Waals surface area (Å²) in [6.45, 7) is 3.79. The van der Waals surface area contributed by atoms with Crippen LogP contribution >= 0.6 is 0 Å². The number of rotatable bonds is 3. The zero-order valence-corrected chi connectivity index (χ0v) is 14.8. The van der Waals surface area contributed by atoms with Crippen LogP contribution in [0.15, 0.2) is 47.4 Å². The molecule has 5 rings (SSSR count). The first-order valence-corrected chi connectivity index (χ1v) is 9.21. The van der Waals surface area contributed by atoms with Crippen LogP contribution in [0.3, 0.4) is 0 Å². The molecule has 138 valence electrons. The van der Waals surface area contributed by atoms with Crippen molar-refractivity contribution in [3.63, 3.8) is 0 Å². The Balaban J connectivity index is 1.57. The van der Waals surface area contributed by atoms with Crippen LogP contribution < -0.4 is 21.5 Å². The molecule has 1 aromatic carbocycles. The van der Waals surface area contributed by atoms with E-state index in [0.717, 1.165) is 42.9 Å². The molecule has 2 aliphatic heterocycles. The molecule has 2 unspecified atom stereocenters. The second kappa shape index (κ2) is 6.64. The lowest BCUT2D eigenvalue weighted by atomic mass is 10.0. The first-order chi connectivity index (χ1) is 13.3. The Bertz CT molecular complexity index is 1000. The second-order valence-corrected chi connectivity index (χ2v) is 6.88. The number of hydrogen-bond acceptors (Lipinski definition) is 7. The Morgan fingerprint density at radius 1 is 1.07 bits per heavy atom. The molecule has 3 aromatic rings. The maximum absolute atomic E-state index is 12.1. The molecule has 0 bridgehead atoms. The molecule has 1 saturated heterocycles. The number of nitrogens with one attached hydrogen (secondary N) is 4. The van der Waals surface area contributed by atoms with E-state index in [1.807, 2.05) is 36.5 Å². The van der Waals surface area contributed by atoms with Crippen molar-refractivity contribution < 1.29 is 0 Å². The highest BCUT2D eigenvalue weighted by Crippen LogP contribution is 2.35. The average molecular weight is 363 g/mol. The van der Waals surface area contributed by atoms with Crippen molar-refractivity contribution in [1.82, 2.24) is 25.4 Å². The summed E-state index contributed by atoms with van der Waals surface area (Å²) in [7, 11) is 0. The summed E-state index contributed by atoms with van der Waals surface area (Å²) >= 11 is 0. The van der Waals surface area contributed by atoms with Gasteiger partial charge in [-0.05, 0) is 24.3 Å². The van der Waals surface area contributed by atoms with Crippen molar-refractivity contribution in [3.8, 4) is 0 Å². The number of H-pyrrole nitrogens is 1. The van der Waals surface area contributed by atoms with Crippen LogP contribution in [0.25, 0.3) is 10.8 Å². The minimum atomic E-state index is -0.180. The SMILES string of the molecule is O=c1[nH]nc2c3c(cccc13)NC(C(c1ccccn1)N1CCNCC1)N2. The Kier molecular flexibility index (Phi) is 3.99. The van der Waals surface area contributed by atoms with Crippen molar-refractivity contribution >= 4 is 22.3 Å². The molecule has 1 fully saturated rings. The number of aromatic nitrogens is 3. The van der Waals surface area contributed by atoms with Crippen LogP contribution in [0, 0.1) is 0 Å². The summed E-state index contributed by atoms with van der Waals surface area (Å²) in [6.07, 6.45) is 1.71. The van der Waals surface area contributed by atoms with E-state index in [1.54, 1.807) is 0 Å². The molecule has 0 amide bonds. The number of benzene rings is 1. The summed E-state index contributed by atoms with van der Waals surface area (Å²) in [5.74, 6) is 0.694. The zero-order valence-electron chi connectivity index (χ0n) is 14.8. The number of hydrogen-bond donors (Lipinski definition) is 4. The first kappa shape index (κ1) is 16.2. The summed E-state index contributed by atoms with van der Waals surface area (Å²) in [5, 5.41) is 18.8. The molecule has 4 N–H and O–H groups in total. The lowest BCUT2D eigenvalue weighted by Gasteiger charge is -2.41. The Hall–Kier alpha value is -2.97. The molecule has 4 heterocycles. The highest BCUT2D eigenvalue weighted by atomic mass is 16.1. The van der Waals surface area contributed by atoms with Gasteiger partial charge in [-0.1, -0.05) is 12.1 Å². The first-order valence-electron chi connectivity index (χ1n) is 9.21. The average Bonchev–Trinajstić information content (AvgIpc) is 2.72. The van der Waals surface area contributed by atoms with Gasteiger partial charge in [0.25, 0.3) is 5.56 Å². The smallest absolute Gasteiger partial charge is 0.272 e. The largest absolute Gasteiger partial charge is 0.363 e. The fraction of sp³-hybridized carbons (Fsp3) is 0.316. The van der Waals surface area contributed by atoms with Gasteiger partial charge in [-0.25, -0.2) is 5.10 Å². The van der Waals surface area contributed by atoms with Gasteiger partial charge < -0.3 is 16.0 Å². The van der Waals surface area contributed by atoms with Gasteiger partial charge in [-0.15, -0.1) is 0 Å². The number of pyridine rings is 1. The van der Waals surface area contributed by atoms with Gasteiger partial charge in [0.05, 0.1) is 22.5 Å². The monoisotopic (exact) mass is 363 g/mol. The number of anilines is 2. The van der Waals surface area contributed by atoms with Crippen LogP contribution in [-0.2, 0) is 0 Å².